The molecular weight excluding hydrogens is 709 g/mol. The van der Waals surface area contributed by atoms with Crippen molar-refractivity contribution in [2.45, 2.75) is 19.3 Å². The van der Waals surface area contributed by atoms with Crippen LogP contribution in [0.15, 0.2) is 206 Å². The van der Waals surface area contributed by atoms with Gasteiger partial charge < -0.3 is 0 Å². The summed E-state index contributed by atoms with van der Waals surface area (Å²) in [5.41, 5.74) is 15.4. The highest BCUT2D eigenvalue weighted by molar-refractivity contribution is 6.22. The summed E-state index contributed by atoms with van der Waals surface area (Å²) in [5.74, 6) is 0. The first-order valence-electron chi connectivity index (χ1n) is 20.8. The maximum Gasteiger partial charge on any atom is 0.0165 e. The molecule has 0 spiro atoms. The zero-order chi connectivity index (χ0) is 39.2. The van der Waals surface area contributed by atoms with E-state index in [9.17, 15) is 0 Å². The predicted octanol–water partition coefficient (Wildman–Crippen LogP) is 16.4. The van der Waals surface area contributed by atoms with E-state index in [4.69, 9.17) is 0 Å². The minimum Gasteiger partial charge on any atom is -0.0616 e. The highest BCUT2D eigenvalue weighted by Gasteiger charge is 2.38. The summed E-state index contributed by atoms with van der Waals surface area (Å²) in [4.78, 5) is 0. The minimum absolute atomic E-state index is 0.122. The van der Waals surface area contributed by atoms with Crippen molar-refractivity contribution in [2.75, 3.05) is 0 Å². The molecule has 11 aromatic carbocycles. The Morgan fingerprint density at radius 3 is 1.32 bits per heavy atom. The fourth-order valence-electron chi connectivity index (χ4n) is 10.6. The molecule has 1 aliphatic carbocycles. The van der Waals surface area contributed by atoms with Crippen LogP contribution in [0.4, 0.5) is 0 Å². The van der Waals surface area contributed by atoms with E-state index in [1.165, 1.54) is 121 Å². The van der Waals surface area contributed by atoms with Gasteiger partial charge in [-0.2, -0.15) is 0 Å². The zero-order valence-electron chi connectivity index (χ0n) is 33.1. The van der Waals surface area contributed by atoms with Crippen molar-refractivity contribution in [1.29, 1.82) is 0 Å². The number of hydrogen-bond acceptors (Lipinski definition) is 0. The number of fused-ring (bicyclic) bond motifs is 11. The molecule has 0 bridgehead atoms. The lowest BCUT2D eigenvalue weighted by atomic mass is 9.79. The predicted molar refractivity (Wildman–Crippen MR) is 253 cm³/mol. The van der Waals surface area contributed by atoms with Crippen LogP contribution >= 0.6 is 0 Å². The average Bonchev–Trinajstić information content (AvgIpc) is 3.54. The third-order valence-corrected chi connectivity index (χ3v) is 13.2. The smallest absolute Gasteiger partial charge is 0.0165 e. The Hall–Kier alpha value is -7.28. The Kier molecular flexibility index (Phi) is 7.38. The molecule has 59 heavy (non-hydrogen) atoms. The highest BCUT2D eigenvalue weighted by Crippen LogP contribution is 2.55. The summed E-state index contributed by atoms with van der Waals surface area (Å²) in [6, 6.07) is 76.8. The van der Waals surface area contributed by atoms with Crippen LogP contribution in [0.25, 0.3) is 109 Å². The van der Waals surface area contributed by atoms with Gasteiger partial charge in [0.25, 0.3) is 0 Å². The van der Waals surface area contributed by atoms with E-state index in [0.717, 1.165) is 0 Å². The molecule has 0 unspecified atom stereocenters. The molecule has 0 saturated heterocycles. The fraction of sp³-hybridized carbons (Fsp3) is 0.0508. The Labute approximate surface area is 344 Å². The standard InChI is InChI=1S/C59H40/c1-59(2)54-33-32-39(36-53(54)57-47-25-7-5-23-45(47)46-24-6-12-30-52(46)58(57)59)38-18-13-20-41(34-38)55-48-26-8-10-28-50(48)56(51-29-11-9-27-49(51)55)42-21-14-19-40(35-42)44-31-15-17-37-16-3-4-22-43(37)44/h3-36H,1-2H3. The van der Waals surface area contributed by atoms with Gasteiger partial charge in [-0.1, -0.05) is 202 Å². The van der Waals surface area contributed by atoms with Crippen LogP contribution in [0.2, 0.25) is 0 Å². The monoisotopic (exact) mass is 748 g/mol. The summed E-state index contributed by atoms with van der Waals surface area (Å²) >= 11 is 0. The molecule has 0 saturated carbocycles. The maximum absolute atomic E-state index is 2.46. The van der Waals surface area contributed by atoms with Gasteiger partial charge in [-0.15, -0.1) is 0 Å². The molecule has 0 heteroatoms. The molecule has 0 heterocycles. The summed E-state index contributed by atoms with van der Waals surface area (Å²) < 4.78 is 0. The second kappa shape index (κ2) is 12.9. The molecule has 0 N–H and O–H groups in total. The van der Waals surface area contributed by atoms with Crippen molar-refractivity contribution in [2.24, 2.45) is 0 Å². The van der Waals surface area contributed by atoms with Gasteiger partial charge in [-0.25, -0.2) is 0 Å². The van der Waals surface area contributed by atoms with E-state index in [-0.39, 0.29) is 5.41 Å². The Balaban J connectivity index is 1.04. The lowest BCUT2D eigenvalue weighted by Gasteiger charge is -2.24. The van der Waals surface area contributed by atoms with Gasteiger partial charge in [0.15, 0.2) is 0 Å². The molecule has 11 aromatic rings. The average molecular weight is 749 g/mol. The maximum atomic E-state index is 2.46. The topological polar surface area (TPSA) is 0 Å². The Bertz CT molecular complexity index is 3460. The van der Waals surface area contributed by atoms with Gasteiger partial charge in [0, 0.05) is 5.41 Å². The van der Waals surface area contributed by atoms with Crippen LogP contribution in [-0.4, -0.2) is 0 Å². The van der Waals surface area contributed by atoms with Crippen LogP contribution in [0.5, 0.6) is 0 Å². The molecule has 0 radical (unpaired) electrons. The third kappa shape index (κ3) is 5.03. The van der Waals surface area contributed by atoms with E-state index in [1.54, 1.807) is 0 Å². The SMILES string of the molecule is CC1(C)c2ccc(-c3cccc(-c4c5ccccc5c(-c5cccc(-c6cccc7ccccc67)c5)c5ccccc45)c3)cc2-c2c1c1ccccc1c1ccccc21. The summed E-state index contributed by atoms with van der Waals surface area (Å²) in [7, 11) is 0. The molecule has 0 aromatic heterocycles. The van der Waals surface area contributed by atoms with Gasteiger partial charge in [0.2, 0.25) is 0 Å². The molecule has 0 fully saturated rings. The number of benzene rings is 11. The van der Waals surface area contributed by atoms with Crippen molar-refractivity contribution < 1.29 is 0 Å². The van der Waals surface area contributed by atoms with Crippen LogP contribution in [0.3, 0.4) is 0 Å². The normalized spacial score (nSPS) is 13.1. The first kappa shape index (κ1) is 33.8. The van der Waals surface area contributed by atoms with E-state index < -0.39 is 0 Å². The zero-order valence-corrected chi connectivity index (χ0v) is 33.1. The third-order valence-electron chi connectivity index (χ3n) is 13.2. The van der Waals surface area contributed by atoms with Crippen LogP contribution < -0.4 is 0 Å². The molecular formula is C59H40. The molecule has 12 rings (SSSR count). The summed E-state index contributed by atoms with van der Waals surface area (Å²) in [6.45, 7) is 4.80. The highest BCUT2D eigenvalue weighted by atomic mass is 14.4. The molecule has 0 atom stereocenters. The van der Waals surface area contributed by atoms with Crippen LogP contribution in [0, 0.1) is 0 Å². The number of hydrogen-bond donors (Lipinski definition) is 0. The van der Waals surface area contributed by atoms with Gasteiger partial charge >= 0.3 is 0 Å². The van der Waals surface area contributed by atoms with Crippen LogP contribution in [-0.2, 0) is 5.41 Å². The molecule has 1 aliphatic rings. The quantitative estimate of drug-likeness (QED) is 0.124. The molecule has 0 nitrogen and oxygen atoms in total. The van der Waals surface area contributed by atoms with E-state index >= 15 is 0 Å². The number of rotatable bonds is 4. The largest absolute Gasteiger partial charge is 0.0616 e. The fourth-order valence-corrected chi connectivity index (χ4v) is 10.6. The van der Waals surface area contributed by atoms with Crippen molar-refractivity contribution in [3.8, 4) is 55.6 Å². The van der Waals surface area contributed by atoms with Crippen molar-refractivity contribution in [3.63, 3.8) is 0 Å². The first-order chi connectivity index (χ1) is 29.0. The molecule has 0 amide bonds. The van der Waals surface area contributed by atoms with Crippen molar-refractivity contribution in [1.82, 2.24) is 0 Å². The van der Waals surface area contributed by atoms with Crippen molar-refractivity contribution in [3.05, 3.63) is 217 Å². The summed E-state index contributed by atoms with van der Waals surface area (Å²) in [6.07, 6.45) is 0. The van der Waals surface area contributed by atoms with Crippen LogP contribution in [0.1, 0.15) is 25.0 Å². The molecule has 0 aliphatic heterocycles. The first-order valence-corrected chi connectivity index (χ1v) is 20.8. The lowest BCUT2D eigenvalue weighted by molar-refractivity contribution is 0.666. The molecule has 276 valence electrons. The van der Waals surface area contributed by atoms with E-state index in [1.807, 2.05) is 0 Å². The lowest BCUT2D eigenvalue weighted by Crippen LogP contribution is -2.15. The van der Waals surface area contributed by atoms with Gasteiger partial charge in [0.05, 0.1) is 0 Å². The van der Waals surface area contributed by atoms with Gasteiger partial charge in [0.1, 0.15) is 0 Å². The van der Waals surface area contributed by atoms with E-state index in [2.05, 4.69) is 220 Å². The van der Waals surface area contributed by atoms with Gasteiger partial charge in [-0.3, -0.25) is 0 Å². The Morgan fingerprint density at radius 2 is 0.695 bits per heavy atom. The van der Waals surface area contributed by atoms with E-state index in [0.29, 0.717) is 0 Å². The minimum atomic E-state index is -0.122. The van der Waals surface area contributed by atoms with Gasteiger partial charge in [-0.05, 0) is 139 Å². The van der Waals surface area contributed by atoms with Crippen molar-refractivity contribution >= 4 is 53.9 Å². The second-order valence-electron chi connectivity index (χ2n) is 16.8. The Morgan fingerprint density at radius 1 is 0.271 bits per heavy atom. The summed E-state index contributed by atoms with van der Waals surface area (Å²) in [5, 5.41) is 12.9. The second-order valence-corrected chi connectivity index (χ2v) is 16.8.